The first-order valence-electron chi connectivity index (χ1n) is 3.65. The summed E-state index contributed by atoms with van der Waals surface area (Å²) in [6.07, 6.45) is 4.93. The van der Waals surface area contributed by atoms with Gasteiger partial charge in [-0.15, -0.1) is 0 Å². The van der Waals surface area contributed by atoms with Crippen LogP contribution in [0.15, 0.2) is 16.9 Å². The Hall–Kier alpha value is -1.23. The molecular weight excluding hydrogens is 186 g/mol. The fourth-order valence-electron chi connectivity index (χ4n) is 1.08. The van der Waals surface area contributed by atoms with Crippen LogP contribution in [0.1, 0.15) is 11.4 Å². The van der Waals surface area contributed by atoms with Crippen LogP contribution in [-0.2, 0) is 7.05 Å². The molecule has 0 bridgehead atoms. The third kappa shape index (κ3) is 1.75. The van der Waals surface area contributed by atoms with Crippen molar-refractivity contribution in [3.05, 3.63) is 18.0 Å². The highest BCUT2D eigenvalue weighted by Crippen LogP contribution is 2.17. The predicted molar refractivity (Wildman–Crippen MR) is 54.5 cm³/mol. The van der Waals surface area contributed by atoms with E-state index in [1.165, 1.54) is 18.0 Å². The first-order valence-corrected chi connectivity index (χ1v) is 4.87. The van der Waals surface area contributed by atoms with Crippen LogP contribution in [0, 0.1) is 0 Å². The topological polar surface area (TPSA) is 50.4 Å². The highest BCUT2D eigenvalue weighted by Gasteiger charge is 2.09. The second-order valence-corrected chi connectivity index (χ2v) is 3.15. The van der Waals surface area contributed by atoms with Gasteiger partial charge in [-0.1, -0.05) is 23.5 Å². The van der Waals surface area contributed by atoms with Crippen molar-refractivity contribution in [2.75, 3.05) is 6.26 Å². The van der Waals surface area contributed by atoms with Gasteiger partial charge in [-0.05, 0) is 12.3 Å². The van der Waals surface area contributed by atoms with Crippen molar-refractivity contribution in [3.8, 4) is 0 Å². The normalized spacial score (nSPS) is 10.9. The predicted octanol–water partition coefficient (Wildman–Crippen LogP) is 1.59. The van der Waals surface area contributed by atoms with Crippen LogP contribution in [-0.4, -0.2) is 27.2 Å². The van der Waals surface area contributed by atoms with Crippen molar-refractivity contribution in [1.82, 2.24) is 9.55 Å². The van der Waals surface area contributed by atoms with Crippen LogP contribution in [0.2, 0.25) is 0 Å². The Morgan fingerprint density at radius 1 is 1.69 bits per heavy atom. The quantitative estimate of drug-likeness (QED) is 0.346. The van der Waals surface area contributed by atoms with Gasteiger partial charge in [0, 0.05) is 7.05 Å². The van der Waals surface area contributed by atoms with Gasteiger partial charge in [-0.3, -0.25) is 0 Å². The van der Waals surface area contributed by atoms with Gasteiger partial charge in [0.25, 0.3) is 0 Å². The van der Waals surface area contributed by atoms with E-state index < -0.39 is 0 Å². The van der Waals surface area contributed by atoms with E-state index in [1.807, 2.05) is 17.9 Å². The van der Waals surface area contributed by atoms with Gasteiger partial charge in [0.2, 0.25) is 0 Å². The van der Waals surface area contributed by atoms with Gasteiger partial charge >= 0.3 is 0 Å². The van der Waals surface area contributed by atoms with E-state index >= 15 is 0 Å². The van der Waals surface area contributed by atoms with E-state index in [2.05, 4.69) is 16.7 Å². The fourth-order valence-corrected chi connectivity index (χ4v) is 1.65. The van der Waals surface area contributed by atoms with E-state index in [0.717, 1.165) is 10.9 Å². The number of hydrogen-bond donors (Lipinski definition) is 1. The molecule has 5 heteroatoms. The van der Waals surface area contributed by atoms with Crippen LogP contribution < -0.4 is 0 Å². The summed E-state index contributed by atoms with van der Waals surface area (Å²) in [4.78, 5) is 4.23. The molecule has 0 amide bonds. The fraction of sp³-hybridized carbons (Fsp3) is 0.250. The van der Waals surface area contributed by atoms with E-state index in [1.54, 1.807) is 6.08 Å². The number of aromatic nitrogens is 2. The van der Waals surface area contributed by atoms with Crippen molar-refractivity contribution in [1.29, 1.82) is 0 Å². The number of oxime groups is 1. The highest BCUT2D eigenvalue weighted by atomic mass is 32.2. The molecule has 0 aliphatic rings. The van der Waals surface area contributed by atoms with Crippen LogP contribution in [0.3, 0.4) is 0 Å². The maximum absolute atomic E-state index is 8.39. The molecule has 0 radical (unpaired) electrons. The minimum Gasteiger partial charge on any atom is -0.411 e. The first-order chi connectivity index (χ1) is 6.24. The van der Waals surface area contributed by atoms with Crippen molar-refractivity contribution in [2.45, 2.75) is 5.16 Å². The van der Waals surface area contributed by atoms with Gasteiger partial charge in [-0.25, -0.2) is 4.98 Å². The number of thioether (sulfide) groups is 1. The van der Waals surface area contributed by atoms with E-state index in [9.17, 15) is 0 Å². The van der Waals surface area contributed by atoms with Crippen molar-refractivity contribution >= 4 is 24.1 Å². The molecule has 0 fully saturated rings. The molecule has 13 heavy (non-hydrogen) atoms. The third-order valence-electron chi connectivity index (χ3n) is 1.68. The monoisotopic (exact) mass is 197 g/mol. The minimum absolute atomic E-state index is 0.629. The summed E-state index contributed by atoms with van der Waals surface area (Å²) in [5, 5.41) is 12.2. The minimum atomic E-state index is 0.629. The van der Waals surface area contributed by atoms with Gasteiger partial charge in [-0.2, -0.15) is 0 Å². The summed E-state index contributed by atoms with van der Waals surface area (Å²) in [6, 6.07) is 0. The second-order valence-electron chi connectivity index (χ2n) is 2.38. The SMILES string of the molecule is C=Cc1c(/C=N/O)nc(SC)n1C. The van der Waals surface area contributed by atoms with Crippen molar-refractivity contribution in [2.24, 2.45) is 12.2 Å². The lowest BCUT2D eigenvalue weighted by Gasteiger charge is -1.98. The van der Waals surface area contributed by atoms with Crippen LogP contribution in [0.25, 0.3) is 6.08 Å². The Balaban J connectivity index is 3.26. The van der Waals surface area contributed by atoms with Gasteiger partial charge < -0.3 is 9.77 Å². The lowest BCUT2D eigenvalue weighted by atomic mass is 10.3. The molecule has 0 unspecified atom stereocenters. The van der Waals surface area contributed by atoms with Crippen molar-refractivity contribution in [3.63, 3.8) is 0 Å². The number of imidazole rings is 1. The highest BCUT2D eigenvalue weighted by molar-refractivity contribution is 7.98. The summed E-state index contributed by atoms with van der Waals surface area (Å²) in [5.41, 5.74) is 1.48. The summed E-state index contributed by atoms with van der Waals surface area (Å²) < 4.78 is 1.90. The molecule has 1 rings (SSSR count). The molecule has 1 aromatic heterocycles. The Kier molecular flexibility index (Phi) is 3.13. The summed E-state index contributed by atoms with van der Waals surface area (Å²) in [7, 11) is 1.89. The van der Waals surface area contributed by atoms with Gasteiger partial charge in [0.1, 0.15) is 5.69 Å². The number of rotatable bonds is 3. The van der Waals surface area contributed by atoms with Crippen LogP contribution >= 0.6 is 11.8 Å². The second kappa shape index (κ2) is 4.13. The largest absolute Gasteiger partial charge is 0.411 e. The molecule has 0 aliphatic heterocycles. The standard InChI is InChI=1S/C8H11N3OS/c1-4-7-6(5-9-12)10-8(13-3)11(7)2/h4-5,12H,1H2,2-3H3/b9-5+. The lowest BCUT2D eigenvalue weighted by molar-refractivity contribution is 0.321. The molecule has 1 aromatic rings. The Morgan fingerprint density at radius 2 is 2.38 bits per heavy atom. The Morgan fingerprint density at radius 3 is 2.85 bits per heavy atom. The maximum Gasteiger partial charge on any atom is 0.168 e. The van der Waals surface area contributed by atoms with Crippen LogP contribution in [0.5, 0.6) is 0 Å². The molecule has 70 valence electrons. The third-order valence-corrected chi connectivity index (χ3v) is 2.41. The molecule has 0 atom stereocenters. The Bertz CT molecular complexity index is 343. The average Bonchev–Trinajstić information content (AvgIpc) is 2.43. The first kappa shape index (κ1) is 9.85. The van der Waals surface area contributed by atoms with Gasteiger partial charge in [0.05, 0.1) is 11.9 Å². The van der Waals surface area contributed by atoms with E-state index in [-0.39, 0.29) is 0 Å². The zero-order valence-electron chi connectivity index (χ0n) is 7.56. The lowest BCUT2D eigenvalue weighted by Crippen LogP contribution is -1.93. The van der Waals surface area contributed by atoms with E-state index in [0.29, 0.717) is 5.69 Å². The summed E-state index contributed by atoms with van der Waals surface area (Å²) in [6.45, 7) is 3.67. The molecule has 0 aromatic carbocycles. The molecule has 0 spiro atoms. The summed E-state index contributed by atoms with van der Waals surface area (Å²) in [5.74, 6) is 0. The van der Waals surface area contributed by atoms with Crippen molar-refractivity contribution < 1.29 is 5.21 Å². The Labute approximate surface area is 81.0 Å². The zero-order chi connectivity index (χ0) is 9.84. The molecule has 0 saturated carbocycles. The molecular formula is C8H11N3OS. The molecule has 1 heterocycles. The molecule has 1 N–H and O–H groups in total. The zero-order valence-corrected chi connectivity index (χ0v) is 8.38. The molecule has 0 saturated heterocycles. The number of hydrogen-bond acceptors (Lipinski definition) is 4. The summed E-state index contributed by atoms with van der Waals surface area (Å²) >= 11 is 1.53. The van der Waals surface area contributed by atoms with Crippen LogP contribution in [0.4, 0.5) is 0 Å². The maximum atomic E-state index is 8.39. The van der Waals surface area contributed by atoms with Gasteiger partial charge in [0.15, 0.2) is 5.16 Å². The van der Waals surface area contributed by atoms with E-state index in [4.69, 9.17) is 5.21 Å². The molecule has 0 aliphatic carbocycles. The molecule has 4 nitrogen and oxygen atoms in total. The smallest absolute Gasteiger partial charge is 0.168 e. The average molecular weight is 197 g/mol. The number of nitrogens with zero attached hydrogens (tertiary/aromatic N) is 3.